The molecule has 0 N–H and O–H groups in total. The maximum atomic E-state index is 10.6. The second kappa shape index (κ2) is 4.22. The minimum Gasteiger partial charge on any atom is -0.303 e. The first kappa shape index (κ1) is 9.84. The van der Waals surface area contributed by atoms with Crippen LogP contribution in [0.25, 0.3) is 10.8 Å². The Kier molecular flexibility index (Phi) is 2.77. The number of hydrogen-bond donors (Lipinski definition) is 0. The third kappa shape index (κ3) is 2.21. The van der Waals surface area contributed by atoms with Gasteiger partial charge in [0.2, 0.25) is 0 Å². The molecule has 0 bridgehead atoms. The van der Waals surface area contributed by atoms with E-state index in [0.29, 0.717) is 0 Å². The minimum absolute atomic E-state index is 0.0873. The Morgan fingerprint density at radius 1 is 1.33 bits per heavy atom. The minimum atomic E-state index is 0.0873. The van der Waals surface area contributed by atoms with E-state index < -0.39 is 0 Å². The van der Waals surface area contributed by atoms with Gasteiger partial charge in [-0.05, 0) is 23.4 Å². The Morgan fingerprint density at radius 3 is 3.00 bits per heavy atom. The zero-order valence-corrected chi connectivity index (χ0v) is 8.68. The fourth-order valence-corrected chi connectivity index (χ4v) is 1.68. The van der Waals surface area contributed by atoms with Crippen LogP contribution < -0.4 is 0 Å². The largest absolute Gasteiger partial charge is 0.303 e. The van der Waals surface area contributed by atoms with Crippen LogP contribution in [0.3, 0.4) is 0 Å². The van der Waals surface area contributed by atoms with E-state index >= 15 is 0 Å². The number of rotatable bonds is 3. The number of aromatic nitrogens is 1. The molecule has 1 atom stereocenters. The highest BCUT2D eigenvalue weighted by atomic mass is 16.1. The maximum absolute atomic E-state index is 10.6. The molecule has 0 aliphatic heterocycles. The highest BCUT2D eigenvalue weighted by Gasteiger charge is 2.02. The van der Waals surface area contributed by atoms with Crippen molar-refractivity contribution in [3.8, 4) is 0 Å². The molecule has 0 aliphatic rings. The van der Waals surface area contributed by atoms with Gasteiger partial charge in [0.25, 0.3) is 0 Å². The third-order valence-electron chi connectivity index (χ3n) is 2.49. The number of hydrogen-bond acceptors (Lipinski definition) is 2. The van der Waals surface area contributed by atoms with Crippen LogP contribution in [0.1, 0.15) is 12.5 Å². The van der Waals surface area contributed by atoms with Gasteiger partial charge < -0.3 is 4.79 Å². The van der Waals surface area contributed by atoms with Gasteiger partial charge in [0.15, 0.2) is 0 Å². The van der Waals surface area contributed by atoms with Crippen LogP contribution in [0.2, 0.25) is 0 Å². The average Bonchev–Trinajstić information content (AvgIpc) is 2.29. The van der Waals surface area contributed by atoms with E-state index in [1.165, 1.54) is 10.9 Å². The fraction of sp³-hybridized carbons (Fsp3) is 0.231. The van der Waals surface area contributed by atoms with Crippen molar-refractivity contribution in [2.75, 3.05) is 0 Å². The van der Waals surface area contributed by atoms with Crippen LogP contribution in [0, 0.1) is 5.92 Å². The van der Waals surface area contributed by atoms with Crippen LogP contribution in [-0.2, 0) is 11.2 Å². The Balaban J connectivity index is 2.34. The molecule has 1 heterocycles. The summed E-state index contributed by atoms with van der Waals surface area (Å²) in [4.78, 5) is 14.6. The molecule has 76 valence electrons. The predicted octanol–water partition coefficient (Wildman–Crippen LogP) is 2.61. The lowest BCUT2D eigenvalue weighted by molar-refractivity contribution is -0.110. The van der Waals surface area contributed by atoms with E-state index in [1.807, 2.05) is 19.2 Å². The molecule has 2 rings (SSSR count). The second-order valence-corrected chi connectivity index (χ2v) is 3.87. The van der Waals surface area contributed by atoms with Crippen LogP contribution >= 0.6 is 0 Å². The zero-order valence-electron chi connectivity index (χ0n) is 8.68. The summed E-state index contributed by atoms with van der Waals surface area (Å²) in [6.07, 6.45) is 5.44. The average molecular weight is 199 g/mol. The molecule has 0 amide bonds. The number of pyridine rings is 1. The van der Waals surface area contributed by atoms with Crippen molar-refractivity contribution in [3.63, 3.8) is 0 Å². The molecule has 15 heavy (non-hydrogen) atoms. The summed E-state index contributed by atoms with van der Waals surface area (Å²) in [5, 5.41) is 2.32. The fourth-order valence-electron chi connectivity index (χ4n) is 1.68. The van der Waals surface area contributed by atoms with E-state index in [-0.39, 0.29) is 5.92 Å². The normalized spacial score (nSPS) is 12.6. The summed E-state index contributed by atoms with van der Waals surface area (Å²) in [6.45, 7) is 1.93. The predicted molar refractivity (Wildman–Crippen MR) is 60.7 cm³/mol. The number of benzene rings is 1. The van der Waals surface area contributed by atoms with Crippen molar-refractivity contribution in [2.45, 2.75) is 13.3 Å². The molecule has 0 saturated carbocycles. The van der Waals surface area contributed by atoms with E-state index in [0.717, 1.165) is 18.1 Å². The summed E-state index contributed by atoms with van der Waals surface area (Å²) in [5.74, 6) is 0.0873. The smallest absolute Gasteiger partial charge is 0.123 e. The van der Waals surface area contributed by atoms with E-state index in [4.69, 9.17) is 0 Å². The van der Waals surface area contributed by atoms with Crippen LogP contribution in [-0.4, -0.2) is 11.3 Å². The zero-order chi connectivity index (χ0) is 10.7. The monoisotopic (exact) mass is 199 g/mol. The summed E-state index contributed by atoms with van der Waals surface area (Å²) in [6, 6.07) is 8.22. The maximum Gasteiger partial charge on any atom is 0.123 e. The van der Waals surface area contributed by atoms with Crippen LogP contribution in [0.4, 0.5) is 0 Å². The van der Waals surface area contributed by atoms with Gasteiger partial charge in [-0.15, -0.1) is 0 Å². The molecule has 1 aromatic heterocycles. The first-order chi connectivity index (χ1) is 7.29. The number of fused-ring (bicyclic) bond motifs is 1. The number of carbonyl (C=O) groups is 1. The molecular formula is C13H13NO. The van der Waals surface area contributed by atoms with Crippen molar-refractivity contribution in [3.05, 3.63) is 42.2 Å². The molecular weight excluding hydrogens is 186 g/mol. The molecule has 1 aromatic carbocycles. The quantitative estimate of drug-likeness (QED) is 0.711. The Bertz CT molecular complexity index is 479. The van der Waals surface area contributed by atoms with Gasteiger partial charge in [-0.1, -0.05) is 25.1 Å². The van der Waals surface area contributed by atoms with Gasteiger partial charge in [0.05, 0.1) is 0 Å². The van der Waals surface area contributed by atoms with Crippen molar-refractivity contribution >= 4 is 17.1 Å². The summed E-state index contributed by atoms with van der Waals surface area (Å²) in [7, 11) is 0. The molecule has 0 radical (unpaired) electrons. The first-order valence-electron chi connectivity index (χ1n) is 5.07. The molecule has 2 nitrogen and oxygen atoms in total. The Hall–Kier alpha value is -1.70. The number of aldehydes is 1. The SMILES string of the molecule is CC(C=O)Cc1ccc2cnccc2c1. The van der Waals surface area contributed by atoms with Gasteiger partial charge in [-0.3, -0.25) is 4.98 Å². The summed E-state index contributed by atoms with van der Waals surface area (Å²) in [5.41, 5.74) is 1.20. The molecule has 0 aliphatic carbocycles. The second-order valence-electron chi connectivity index (χ2n) is 3.87. The highest BCUT2D eigenvalue weighted by molar-refractivity contribution is 5.82. The van der Waals surface area contributed by atoms with Crippen molar-refractivity contribution in [2.24, 2.45) is 5.92 Å². The number of carbonyl (C=O) groups excluding carboxylic acids is 1. The molecule has 2 heteroatoms. The van der Waals surface area contributed by atoms with Crippen molar-refractivity contribution < 1.29 is 4.79 Å². The van der Waals surface area contributed by atoms with Gasteiger partial charge in [-0.25, -0.2) is 0 Å². The van der Waals surface area contributed by atoms with E-state index in [1.54, 1.807) is 6.20 Å². The molecule has 1 unspecified atom stereocenters. The molecule has 0 fully saturated rings. The molecule has 2 aromatic rings. The summed E-state index contributed by atoms with van der Waals surface area (Å²) >= 11 is 0. The van der Waals surface area contributed by atoms with Gasteiger partial charge in [0, 0.05) is 23.7 Å². The Labute approximate surface area is 89.0 Å². The van der Waals surface area contributed by atoms with Crippen molar-refractivity contribution in [1.29, 1.82) is 0 Å². The van der Waals surface area contributed by atoms with Gasteiger partial charge in [-0.2, -0.15) is 0 Å². The van der Waals surface area contributed by atoms with Crippen LogP contribution in [0.5, 0.6) is 0 Å². The first-order valence-corrected chi connectivity index (χ1v) is 5.07. The van der Waals surface area contributed by atoms with Crippen molar-refractivity contribution in [1.82, 2.24) is 4.98 Å². The lowest BCUT2D eigenvalue weighted by Gasteiger charge is -2.05. The lowest BCUT2D eigenvalue weighted by atomic mass is 10.0. The summed E-state index contributed by atoms with van der Waals surface area (Å²) < 4.78 is 0. The Morgan fingerprint density at radius 2 is 2.20 bits per heavy atom. The van der Waals surface area contributed by atoms with E-state index in [2.05, 4.69) is 23.2 Å². The van der Waals surface area contributed by atoms with E-state index in [9.17, 15) is 4.79 Å². The molecule has 0 saturated heterocycles. The standard InChI is InChI=1S/C13H13NO/c1-10(9-15)6-11-2-3-13-8-14-5-4-12(13)7-11/h2-5,7-10H,6H2,1H3. The van der Waals surface area contributed by atoms with Gasteiger partial charge in [0.1, 0.15) is 6.29 Å². The van der Waals surface area contributed by atoms with Gasteiger partial charge >= 0.3 is 0 Å². The third-order valence-corrected chi connectivity index (χ3v) is 2.49. The topological polar surface area (TPSA) is 30.0 Å². The van der Waals surface area contributed by atoms with Crippen LogP contribution in [0.15, 0.2) is 36.7 Å². The number of nitrogens with zero attached hydrogens (tertiary/aromatic N) is 1. The highest BCUT2D eigenvalue weighted by Crippen LogP contribution is 2.16. The lowest BCUT2D eigenvalue weighted by Crippen LogP contribution is -2.00. The molecule has 0 spiro atoms.